The Hall–Kier alpha value is -2.47. The van der Waals surface area contributed by atoms with Crippen molar-refractivity contribution in [1.82, 2.24) is 5.32 Å². The van der Waals surface area contributed by atoms with Gasteiger partial charge in [-0.05, 0) is 29.7 Å². The fraction of sp³-hybridized carbons (Fsp3) is 0.118. The zero-order chi connectivity index (χ0) is 16.1. The molecular formula is C17H14FN3OS. The Morgan fingerprint density at radius 3 is 2.61 bits per heavy atom. The third kappa shape index (κ3) is 4.26. The molecule has 1 heterocycles. The van der Waals surface area contributed by atoms with E-state index in [0.29, 0.717) is 11.6 Å². The number of carbonyl (C=O) groups excluding carboxylic acids is 1. The summed E-state index contributed by atoms with van der Waals surface area (Å²) in [5.41, 5.74) is 1.85. The van der Waals surface area contributed by atoms with E-state index in [1.54, 1.807) is 18.3 Å². The SMILES string of the molecule is O=C1N/C(=N\N=C/c2ccccc2)S[C@H]1Cc1ccc(F)cc1. The van der Waals surface area contributed by atoms with E-state index in [9.17, 15) is 9.18 Å². The second kappa shape index (κ2) is 7.19. The largest absolute Gasteiger partial charge is 0.303 e. The first-order chi connectivity index (χ1) is 11.2. The standard InChI is InChI=1S/C17H14FN3OS/c18-14-8-6-12(7-9-14)10-15-16(22)20-17(23-15)21-19-11-13-4-2-1-3-5-13/h1-9,11,15H,10H2,(H,20,21,22)/b19-11-/t15-/m0/s1. The normalized spacial score (nSPS) is 19.4. The summed E-state index contributed by atoms with van der Waals surface area (Å²) < 4.78 is 12.9. The van der Waals surface area contributed by atoms with Crippen molar-refractivity contribution in [2.75, 3.05) is 0 Å². The lowest BCUT2D eigenvalue weighted by Crippen LogP contribution is -2.25. The number of carbonyl (C=O) groups is 1. The summed E-state index contributed by atoms with van der Waals surface area (Å²) in [7, 11) is 0. The molecule has 0 unspecified atom stereocenters. The van der Waals surface area contributed by atoms with Crippen molar-refractivity contribution >= 4 is 29.1 Å². The first-order valence-electron chi connectivity index (χ1n) is 7.09. The number of benzene rings is 2. The van der Waals surface area contributed by atoms with Gasteiger partial charge in [-0.2, -0.15) is 5.10 Å². The van der Waals surface area contributed by atoms with Crippen molar-refractivity contribution in [1.29, 1.82) is 0 Å². The van der Waals surface area contributed by atoms with Crippen LogP contribution in [-0.4, -0.2) is 22.5 Å². The molecule has 0 aliphatic carbocycles. The summed E-state index contributed by atoms with van der Waals surface area (Å²) >= 11 is 1.33. The molecule has 1 N–H and O–H groups in total. The average molecular weight is 327 g/mol. The van der Waals surface area contributed by atoms with Crippen LogP contribution in [0.2, 0.25) is 0 Å². The monoisotopic (exact) mass is 327 g/mol. The molecule has 4 nitrogen and oxygen atoms in total. The Balaban J connectivity index is 1.61. The summed E-state index contributed by atoms with van der Waals surface area (Å²) in [6.07, 6.45) is 2.16. The number of amidine groups is 1. The van der Waals surface area contributed by atoms with E-state index in [1.165, 1.54) is 23.9 Å². The van der Waals surface area contributed by atoms with Gasteiger partial charge in [0.05, 0.1) is 11.5 Å². The number of thioether (sulfide) groups is 1. The second-order valence-electron chi connectivity index (χ2n) is 4.99. The van der Waals surface area contributed by atoms with Crippen molar-refractivity contribution in [3.63, 3.8) is 0 Å². The minimum Gasteiger partial charge on any atom is -0.303 e. The maximum absolute atomic E-state index is 12.9. The highest BCUT2D eigenvalue weighted by atomic mass is 32.2. The number of hydrogen-bond acceptors (Lipinski definition) is 4. The predicted octanol–water partition coefficient (Wildman–Crippen LogP) is 2.99. The molecule has 0 aromatic heterocycles. The molecule has 23 heavy (non-hydrogen) atoms. The van der Waals surface area contributed by atoms with E-state index in [2.05, 4.69) is 15.5 Å². The van der Waals surface area contributed by atoms with Crippen LogP contribution in [0.15, 0.2) is 64.8 Å². The van der Waals surface area contributed by atoms with Gasteiger partial charge in [0.1, 0.15) is 5.82 Å². The Labute approximate surface area is 137 Å². The van der Waals surface area contributed by atoms with Crippen LogP contribution in [0.1, 0.15) is 11.1 Å². The molecule has 116 valence electrons. The van der Waals surface area contributed by atoms with Crippen LogP contribution >= 0.6 is 11.8 Å². The Kier molecular flexibility index (Phi) is 4.83. The van der Waals surface area contributed by atoms with Gasteiger partial charge in [-0.1, -0.05) is 54.2 Å². The van der Waals surface area contributed by atoms with Gasteiger partial charge >= 0.3 is 0 Å². The number of nitrogens with zero attached hydrogens (tertiary/aromatic N) is 2. The fourth-order valence-electron chi connectivity index (χ4n) is 2.11. The van der Waals surface area contributed by atoms with Crippen molar-refractivity contribution in [2.45, 2.75) is 11.7 Å². The van der Waals surface area contributed by atoms with E-state index in [-0.39, 0.29) is 17.0 Å². The highest BCUT2D eigenvalue weighted by molar-refractivity contribution is 8.15. The predicted molar refractivity (Wildman–Crippen MR) is 91.1 cm³/mol. The van der Waals surface area contributed by atoms with E-state index >= 15 is 0 Å². The maximum Gasteiger partial charge on any atom is 0.239 e. The highest BCUT2D eigenvalue weighted by Crippen LogP contribution is 2.23. The topological polar surface area (TPSA) is 53.8 Å². The maximum atomic E-state index is 12.9. The lowest BCUT2D eigenvalue weighted by atomic mass is 10.1. The van der Waals surface area contributed by atoms with E-state index in [1.807, 2.05) is 30.3 Å². The molecule has 1 atom stereocenters. The van der Waals surface area contributed by atoms with Crippen molar-refractivity contribution in [3.8, 4) is 0 Å². The van der Waals surface area contributed by atoms with Gasteiger partial charge in [0.15, 0.2) is 5.17 Å². The van der Waals surface area contributed by atoms with Gasteiger partial charge in [0.25, 0.3) is 0 Å². The van der Waals surface area contributed by atoms with E-state index in [4.69, 9.17) is 0 Å². The van der Waals surface area contributed by atoms with Gasteiger partial charge in [-0.3, -0.25) is 4.79 Å². The summed E-state index contributed by atoms with van der Waals surface area (Å²) in [6, 6.07) is 15.8. The zero-order valence-corrected chi connectivity index (χ0v) is 13.0. The molecule has 2 aromatic rings. The van der Waals surface area contributed by atoms with Crippen LogP contribution in [0.5, 0.6) is 0 Å². The molecule has 0 radical (unpaired) electrons. The van der Waals surface area contributed by atoms with Crippen molar-refractivity contribution in [3.05, 3.63) is 71.5 Å². The van der Waals surface area contributed by atoms with Gasteiger partial charge in [-0.25, -0.2) is 4.39 Å². The van der Waals surface area contributed by atoms with Gasteiger partial charge in [-0.15, -0.1) is 5.10 Å². The number of amides is 1. The molecule has 1 amide bonds. The van der Waals surface area contributed by atoms with Crippen LogP contribution in [-0.2, 0) is 11.2 Å². The molecule has 1 fully saturated rings. The third-order valence-corrected chi connectivity index (χ3v) is 4.34. The lowest BCUT2D eigenvalue weighted by molar-refractivity contribution is -0.118. The Bertz CT molecular complexity index is 744. The molecular weight excluding hydrogens is 313 g/mol. The summed E-state index contributed by atoms with van der Waals surface area (Å²) in [5.74, 6) is -0.386. The highest BCUT2D eigenvalue weighted by Gasteiger charge is 2.30. The smallest absolute Gasteiger partial charge is 0.239 e. The van der Waals surface area contributed by atoms with Crippen LogP contribution in [0.4, 0.5) is 4.39 Å². The molecule has 1 aliphatic heterocycles. The second-order valence-corrected chi connectivity index (χ2v) is 6.18. The van der Waals surface area contributed by atoms with Gasteiger partial charge in [0, 0.05) is 0 Å². The van der Waals surface area contributed by atoms with Crippen molar-refractivity contribution in [2.24, 2.45) is 10.2 Å². The van der Waals surface area contributed by atoms with E-state index < -0.39 is 0 Å². The van der Waals surface area contributed by atoms with Crippen LogP contribution in [0.3, 0.4) is 0 Å². The third-order valence-electron chi connectivity index (χ3n) is 3.27. The number of nitrogens with one attached hydrogen (secondary N) is 1. The van der Waals surface area contributed by atoms with Crippen LogP contribution in [0, 0.1) is 5.82 Å². The molecule has 1 aliphatic rings. The fourth-order valence-corrected chi connectivity index (χ4v) is 3.07. The quantitative estimate of drug-likeness (QED) is 0.693. The Morgan fingerprint density at radius 2 is 1.87 bits per heavy atom. The number of halogens is 1. The minimum atomic E-state index is -0.283. The summed E-state index contributed by atoms with van der Waals surface area (Å²) in [4.78, 5) is 12.0. The molecule has 3 rings (SSSR count). The van der Waals surface area contributed by atoms with Gasteiger partial charge < -0.3 is 5.32 Å². The molecule has 0 bridgehead atoms. The van der Waals surface area contributed by atoms with Gasteiger partial charge in [0.2, 0.25) is 5.91 Å². The summed E-state index contributed by atoms with van der Waals surface area (Å²) in [6.45, 7) is 0. The molecule has 0 saturated carbocycles. The first-order valence-corrected chi connectivity index (χ1v) is 7.97. The minimum absolute atomic E-state index is 0.104. The molecule has 6 heteroatoms. The lowest BCUT2D eigenvalue weighted by Gasteiger charge is -2.04. The molecule has 0 spiro atoms. The van der Waals surface area contributed by atoms with E-state index in [0.717, 1.165) is 11.1 Å². The zero-order valence-electron chi connectivity index (χ0n) is 12.1. The number of rotatable bonds is 4. The summed E-state index contributed by atoms with van der Waals surface area (Å²) in [5, 5.41) is 10.9. The molecule has 1 saturated heterocycles. The van der Waals surface area contributed by atoms with Crippen molar-refractivity contribution < 1.29 is 9.18 Å². The number of hydrogen-bond donors (Lipinski definition) is 1. The average Bonchev–Trinajstić information content (AvgIpc) is 2.90. The Morgan fingerprint density at radius 1 is 1.13 bits per heavy atom. The van der Waals surface area contributed by atoms with Crippen LogP contribution in [0.25, 0.3) is 0 Å². The first kappa shape index (κ1) is 15.4. The molecule has 2 aromatic carbocycles. The van der Waals surface area contributed by atoms with Crippen LogP contribution < -0.4 is 5.32 Å².